The van der Waals surface area contributed by atoms with Crippen LogP contribution >= 0.6 is 0 Å². The highest BCUT2D eigenvalue weighted by atomic mass is 19.4. The number of carbonyl (C=O) groups excluding carboxylic acids is 1. The first kappa shape index (κ1) is 22.3. The molecule has 0 unspecified atom stereocenters. The Labute approximate surface area is 188 Å². The number of benzene rings is 2. The fourth-order valence-corrected chi connectivity index (χ4v) is 3.36. The van der Waals surface area contributed by atoms with Gasteiger partial charge in [0.25, 0.3) is 5.91 Å². The molecule has 2 heterocycles. The summed E-state index contributed by atoms with van der Waals surface area (Å²) < 4.78 is 44.7. The first-order chi connectivity index (χ1) is 15.8. The summed E-state index contributed by atoms with van der Waals surface area (Å²) in [6.45, 7) is 0.510. The zero-order valence-corrected chi connectivity index (χ0v) is 17.8. The molecular formula is C24H21F3N4O2. The van der Waals surface area contributed by atoms with Crippen molar-refractivity contribution in [1.29, 1.82) is 0 Å². The van der Waals surface area contributed by atoms with Crippen molar-refractivity contribution in [1.82, 2.24) is 19.8 Å². The molecule has 0 bridgehead atoms. The molecule has 9 heteroatoms. The molecule has 2 aromatic carbocycles. The zero-order valence-electron chi connectivity index (χ0n) is 17.8. The van der Waals surface area contributed by atoms with E-state index in [4.69, 9.17) is 4.52 Å². The molecule has 0 fully saturated rings. The van der Waals surface area contributed by atoms with Crippen LogP contribution in [0.3, 0.4) is 0 Å². The summed E-state index contributed by atoms with van der Waals surface area (Å²) in [7, 11) is 1.70. The average Bonchev–Trinajstić information content (AvgIpc) is 3.49. The molecule has 0 atom stereocenters. The number of aromatic nitrogens is 3. The van der Waals surface area contributed by atoms with Gasteiger partial charge in [0.1, 0.15) is 11.5 Å². The highest BCUT2D eigenvalue weighted by Crippen LogP contribution is 2.28. The second-order valence-corrected chi connectivity index (χ2v) is 7.56. The van der Waals surface area contributed by atoms with Crippen LogP contribution in [0.1, 0.15) is 28.2 Å². The van der Waals surface area contributed by atoms with Crippen molar-refractivity contribution in [3.05, 3.63) is 89.9 Å². The van der Waals surface area contributed by atoms with Crippen molar-refractivity contribution in [2.24, 2.45) is 0 Å². The van der Waals surface area contributed by atoms with Gasteiger partial charge in [-0.05, 0) is 36.8 Å². The van der Waals surface area contributed by atoms with E-state index in [2.05, 4.69) is 10.3 Å². The molecule has 0 aliphatic rings. The minimum Gasteiger partial charge on any atom is -0.361 e. The summed E-state index contributed by atoms with van der Waals surface area (Å²) in [5.74, 6) is 0.567. The molecule has 2 aromatic heterocycles. The SMILES string of the molecule is CN(CCCc1cc(-c2ccccc2)no1)C(=O)c1ccc(-n2ccc(C(F)(F)F)n2)cc1. The molecule has 6 nitrogen and oxygen atoms in total. The summed E-state index contributed by atoms with van der Waals surface area (Å²) in [6, 6.07) is 18.8. The van der Waals surface area contributed by atoms with Crippen molar-refractivity contribution in [3.63, 3.8) is 0 Å². The zero-order chi connectivity index (χ0) is 23.4. The molecule has 0 saturated carbocycles. The number of halogens is 3. The summed E-state index contributed by atoms with van der Waals surface area (Å²) >= 11 is 0. The maximum atomic E-state index is 12.7. The molecule has 170 valence electrons. The number of rotatable bonds is 7. The molecule has 1 amide bonds. The van der Waals surface area contributed by atoms with Crippen molar-refractivity contribution in [2.75, 3.05) is 13.6 Å². The highest BCUT2D eigenvalue weighted by Gasteiger charge is 2.33. The summed E-state index contributed by atoms with van der Waals surface area (Å²) in [5.41, 5.74) is 1.66. The first-order valence-corrected chi connectivity index (χ1v) is 10.3. The number of hydrogen-bond acceptors (Lipinski definition) is 4. The first-order valence-electron chi connectivity index (χ1n) is 10.3. The van der Waals surface area contributed by atoms with Gasteiger partial charge in [0.15, 0.2) is 5.69 Å². The fraction of sp³-hybridized carbons (Fsp3) is 0.208. The molecule has 33 heavy (non-hydrogen) atoms. The van der Waals surface area contributed by atoms with Gasteiger partial charge in [-0.15, -0.1) is 0 Å². The fourth-order valence-electron chi connectivity index (χ4n) is 3.36. The molecule has 4 rings (SSSR count). The number of aryl methyl sites for hydroxylation is 1. The van der Waals surface area contributed by atoms with Gasteiger partial charge < -0.3 is 9.42 Å². The number of carbonyl (C=O) groups is 1. The molecule has 0 saturated heterocycles. The number of alkyl halides is 3. The monoisotopic (exact) mass is 454 g/mol. The van der Waals surface area contributed by atoms with Gasteiger partial charge in [0, 0.05) is 43.4 Å². The van der Waals surface area contributed by atoms with Crippen LogP contribution in [-0.4, -0.2) is 39.3 Å². The van der Waals surface area contributed by atoms with Crippen LogP contribution in [0.25, 0.3) is 16.9 Å². The van der Waals surface area contributed by atoms with E-state index in [1.807, 2.05) is 36.4 Å². The molecule has 0 aliphatic carbocycles. The van der Waals surface area contributed by atoms with E-state index in [0.717, 1.165) is 27.8 Å². The Morgan fingerprint density at radius 2 is 1.79 bits per heavy atom. The summed E-state index contributed by atoms with van der Waals surface area (Å²) in [5, 5.41) is 7.62. The lowest BCUT2D eigenvalue weighted by molar-refractivity contribution is -0.141. The van der Waals surface area contributed by atoms with E-state index in [9.17, 15) is 18.0 Å². The minimum absolute atomic E-state index is 0.180. The lowest BCUT2D eigenvalue weighted by atomic mass is 10.1. The Kier molecular flexibility index (Phi) is 6.30. The molecule has 0 spiro atoms. The van der Waals surface area contributed by atoms with Crippen LogP contribution in [0.2, 0.25) is 0 Å². The standard InChI is InChI=1S/C24H21F3N4O2/c1-30(14-5-8-20-16-21(29-33-20)17-6-3-2-4-7-17)23(32)18-9-11-19(12-10-18)31-15-13-22(28-31)24(25,26)27/h2-4,6-7,9-13,15-16H,5,8,14H2,1H3. The minimum atomic E-state index is -4.50. The van der Waals surface area contributed by atoms with Gasteiger partial charge >= 0.3 is 6.18 Å². The van der Waals surface area contributed by atoms with Crippen LogP contribution in [0.4, 0.5) is 13.2 Å². The number of hydrogen-bond donors (Lipinski definition) is 0. The van der Waals surface area contributed by atoms with E-state index in [-0.39, 0.29) is 5.91 Å². The third-order valence-electron chi connectivity index (χ3n) is 5.15. The van der Waals surface area contributed by atoms with E-state index in [0.29, 0.717) is 30.6 Å². The number of amides is 1. The van der Waals surface area contributed by atoms with E-state index >= 15 is 0 Å². The normalized spacial score (nSPS) is 11.5. The summed E-state index contributed by atoms with van der Waals surface area (Å²) in [4.78, 5) is 14.3. The van der Waals surface area contributed by atoms with Gasteiger partial charge in [-0.1, -0.05) is 35.5 Å². The lowest BCUT2D eigenvalue weighted by Gasteiger charge is -2.17. The molecule has 0 radical (unpaired) electrons. The van der Waals surface area contributed by atoms with E-state index in [1.54, 1.807) is 36.2 Å². The highest BCUT2D eigenvalue weighted by molar-refractivity contribution is 5.94. The predicted octanol–water partition coefficient (Wildman–Crippen LogP) is 5.25. The van der Waals surface area contributed by atoms with Gasteiger partial charge in [-0.25, -0.2) is 4.68 Å². The van der Waals surface area contributed by atoms with Gasteiger partial charge in [-0.2, -0.15) is 18.3 Å². The van der Waals surface area contributed by atoms with Crippen molar-refractivity contribution >= 4 is 5.91 Å². The molecular weight excluding hydrogens is 433 g/mol. The molecule has 4 aromatic rings. The van der Waals surface area contributed by atoms with Crippen molar-refractivity contribution in [2.45, 2.75) is 19.0 Å². The van der Waals surface area contributed by atoms with Crippen LogP contribution < -0.4 is 0 Å². The average molecular weight is 454 g/mol. The Bertz CT molecular complexity index is 1210. The smallest absolute Gasteiger partial charge is 0.361 e. The lowest BCUT2D eigenvalue weighted by Crippen LogP contribution is -2.28. The Morgan fingerprint density at radius 3 is 2.45 bits per heavy atom. The van der Waals surface area contributed by atoms with E-state index in [1.165, 1.54) is 6.20 Å². The van der Waals surface area contributed by atoms with Crippen LogP contribution in [0.15, 0.2) is 77.4 Å². The Balaban J connectivity index is 1.31. The maximum absolute atomic E-state index is 12.7. The number of nitrogens with zero attached hydrogens (tertiary/aromatic N) is 4. The van der Waals surface area contributed by atoms with Crippen LogP contribution in [0, 0.1) is 0 Å². The molecule has 0 N–H and O–H groups in total. The van der Waals surface area contributed by atoms with Gasteiger partial charge in [-0.3, -0.25) is 4.79 Å². The predicted molar refractivity (Wildman–Crippen MR) is 116 cm³/mol. The quantitative estimate of drug-likeness (QED) is 0.383. The van der Waals surface area contributed by atoms with Crippen molar-refractivity contribution < 1.29 is 22.5 Å². The Morgan fingerprint density at radius 1 is 1.06 bits per heavy atom. The molecule has 0 aliphatic heterocycles. The van der Waals surface area contributed by atoms with Crippen LogP contribution in [-0.2, 0) is 12.6 Å². The second kappa shape index (κ2) is 9.32. The van der Waals surface area contributed by atoms with Crippen LogP contribution in [0.5, 0.6) is 0 Å². The topological polar surface area (TPSA) is 64.2 Å². The second-order valence-electron chi connectivity index (χ2n) is 7.56. The Hall–Kier alpha value is -3.88. The van der Waals surface area contributed by atoms with Gasteiger partial charge in [0.2, 0.25) is 0 Å². The maximum Gasteiger partial charge on any atom is 0.435 e. The van der Waals surface area contributed by atoms with Gasteiger partial charge in [0.05, 0.1) is 5.69 Å². The van der Waals surface area contributed by atoms with E-state index < -0.39 is 11.9 Å². The summed E-state index contributed by atoms with van der Waals surface area (Å²) in [6.07, 6.45) is -1.94. The third-order valence-corrected chi connectivity index (χ3v) is 5.15. The largest absolute Gasteiger partial charge is 0.435 e. The van der Waals surface area contributed by atoms with Crippen molar-refractivity contribution in [3.8, 4) is 16.9 Å². The third kappa shape index (κ3) is 5.31.